The third-order valence-electron chi connectivity index (χ3n) is 12.0. The first kappa shape index (κ1) is 41.0. The molecule has 2 amide bonds. The van der Waals surface area contributed by atoms with E-state index in [1.807, 2.05) is 175 Å². The average molecular weight is 850 g/mol. The normalized spacial score (nSPS) is 19.0. The second-order valence-electron chi connectivity index (χ2n) is 16.2. The first-order valence-corrected chi connectivity index (χ1v) is 21.5. The van der Waals surface area contributed by atoms with Crippen LogP contribution in [0.1, 0.15) is 39.6 Å². The van der Waals surface area contributed by atoms with Crippen molar-refractivity contribution in [2.45, 2.75) is 51.0 Å². The molecule has 320 valence electrons. The first-order valence-electron chi connectivity index (χ1n) is 21.5. The number of fused-ring (bicyclic) bond motifs is 2. The van der Waals surface area contributed by atoms with E-state index in [1.165, 1.54) is 11.9 Å². The lowest BCUT2D eigenvalue weighted by molar-refractivity contribution is -0.255. The van der Waals surface area contributed by atoms with Crippen LogP contribution in [0.4, 0.5) is 0 Å². The van der Waals surface area contributed by atoms with E-state index in [2.05, 4.69) is 4.98 Å². The van der Waals surface area contributed by atoms with E-state index in [4.69, 9.17) is 23.7 Å². The van der Waals surface area contributed by atoms with Crippen molar-refractivity contribution in [2.24, 2.45) is 0 Å². The van der Waals surface area contributed by atoms with E-state index >= 15 is 0 Å². The van der Waals surface area contributed by atoms with E-state index in [1.54, 1.807) is 6.20 Å². The Hall–Kier alpha value is -7.08. The number of nitrogens with one attached hydrogen (secondary N) is 1. The maximum Gasteiger partial charge on any atom is 0.261 e. The molecule has 4 atom stereocenters. The van der Waals surface area contributed by atoms with Crippen molar-refractivity contribution in [3.8, 4) is 5.75 Å². The van der Waals surface area contributed by atoms with Crippen molar-refractivity contribution in [1.29, 1.82) is 0 Å². The number of aromatic nitrogens is 2. The minimum atomic E-state index is -0.712. The molecule has 10 heteroatoms. The van der Waals surface area contributed by atoms with Crippen molar-refractivity contribution in [3.05, 3.63) is 210 Å². The van der Waals surface area contributed by atoms with Crippen molar-refractivity contribution < 1.29 is 33.3 Å². The molecule has 0 aliphatic carbocycles. The molecule has 6 aromatic carbocycles. The maximum absolute atomic E-state index is 14.4. The van der Waals surface area contributed by atoms with Gasteiger partial charge in [0.1, 0.15) is 30.7 Å². The van der Waals surface area contributed by atoms with Gasteiger partial charge < -0.3 is 33.2 Å². The fourth-order valence-corrected chi connectivity index (χ4v) is 8.73. The highest BCUT2D eigenvalue weighted by molar-refractivity contribution is 6.50. The Labute approximate surface area is 371 Å². The molecular weight excluding hydrogens is 803 g/mol. The number of imide groups is 1. The van der Waals surface area contributed by atoms with Gasteiger partial charge >= 0.3 is 0 Å². The zero-order valence-corrected chi connectivity index (χ0v) is 35.3. The Bertz CT molecular complexity index is 2930. The topological polar surface area (TPSA) is 104 Å². The molecule has 2 aromatic heterocycles. The molecule has 64 heavy (non-hydrogen) atoms. The summed E-state index contributed by atoms with van der Waals surface area (Å²) in [5.74, 6) is -0.0869. The predicted molar refractivity (Wildman–Crippen MR) is 246 cm³/mol. The van der Waals surface area contributed by atoms with Crippen LogP contribution in [0.2, 0.25) is 0 Å². The van der Waals surface area contributed by atoms with Crippen LogP contribution < -0.4 is 4.74 Å². The molecule has 2 aliphatic heterocycles. The standard InChI is InChI=1S/C54H47N3O7/c1-56-52(58)48(43-29-55-45-28-40(26-27-41(43)45)60-31-36-16-6-2-7-17-36)49(53(56)59)44-30-57(46-25-15-14-24-42(44)46)54-51(63-34-39-22-12-5-13-23-39)50(62-33-38-20-10-4-11-21-38)47(35-64-54)61-32-37-18-8-3-9-19-37/h2-30,47,50-51,54-55H,31-35H2,1H3/t47-,50-,51-,54-/m1/s1. The number of H-pyrrole nitrogens is 1. The molecule has 8 aromatic rings. The largest absolute Gasteiger partial charge is 0.489 e. The summed E-state index contributed by atoms with van der Waals surface area (Å²) in [7, 11) is 1.53. The van der Waals surface area contributed by atoms with Gasteiger partial charge in [0.05, 0.1) is 43.1 Å². The van der Waals surface area contributed by atoms with Crippen molar-refractivity contribution >= 4 is 44.8 Å². The fourth-order valence-electron chi connectivity index (χ4n) is 8.73. The van der Waals surface area contributed by atoms with Gasteiger partial charge in [0.25, 0.3) is 11.8 Å². The molecule has 0 radical (unpaired) electrons. The van der Waals surface area contributed by atoms with Crippen LogP contribution in [0.3, 0.4) is 0 Å². The number of ether oxygens (including phenoxy) is 5. The van der Waals surface area contributed by atoms with Crippen molar-refractivity contribution in [3.63, 3.8) is 0 Å². The molecule has 1 saturated heterocycles. The minimum absolute atomic E-state index is 0.213. The van der Waals surface area contributed by atoms with Gasteiger partial charge in [0.2, 0.25) is 0 Å². The van der Waals surface area contributed by atoms with Crippen LogP contribution in [-0.4, -0.2) is 58.2 Å². The van der Waals surface area contributed by atoms with E-state index < -0.39 is 24.5 Å². The van der Waals surface area contributed by atoms with Gasteiger partial charge in [-0.3, -0.25) is 14.5 Å². The average Bonchev–Trinajstić information content (AvgIpc) is 4.01. The number of benzene rings is 6. The summed E-state index contributed by atoms with van der Waals surface area (Å²) in [5.41, 5.74) is 7.56. The zero-order chi connectivity index (χ0) is 43.4. The number of nitrogens with zero attached hydrogens (tertiary/aromatic N) is 2. The van der Waals surface area contributed by atoms with Gasteiger partial charge in [0, 0.05) is 52.9 Å². The Morgan fingerprint density at radius 3 is 1.73 bits per heavy atom. The smallest absolute Gasteiger partial charge is 0.261 e. The third kappa shape index (κ3) is 8.27. The Morgan fingerprint density at radius 1 is 0.578 bits per heavy atom. The molecule has 0 saturated carbocycles. The lowest BCUT2D eigenvalue weighted by Crippen LogP contribution is -2.54. The second kappa shape index (κ2) is 18.3. The molecule has 1 fully saturated rings. The monoisotopic (exact) mass is 849 g/mol. The van der Waals surface area contributed by atoms with Crippen LogP contribution in [0.5, 0.6) is 5.75 Å². The molecule has 1 N–H and O–H groups in total. The van der Waals surface area contributed by atoms with Gasteiger partial charge in [-0.05, 0) is 40.5 Å². The van der Waals surface area contributed by atoms with Crippen LogP contribution in [-0.2, 0) is 55.0 Å². The van der Waals surface area contributed by atoms with E-state index in [0.29, 0.717) is 54.5 Å². The summed E-state index contributed by atoms with van der Waals surface area (Å²) >= 11 is 0. The predicted octanol–water partition coefficient (Wildman–Crippen LogP) is 9.90. The number of rotatable bonds is 15. The van der Waals surface area contributed by atoms with Crippen LogP contribution in [0, 0.1) is 0 Å². The van der Waals surface area contributed by atoms with Gasteiger partial charge in [-0.15, -0.1) is 0 Å². The Balaban J connectivity index is 1.04. The van der Waals surface area contributed by atoms with Gasteiger partial charge in [-0.2, -0.15) is 0 Å². The molecule has 0 bridgehead atoms. The highest BCUT2D eigenvalue weighted by Crippen LogP contribution is 2.43. The van der Waals surface area contributed by atoms with Gasteiger partial charge in [0.15, 0.2) is 6.23 Å². The number of para-hydroxylation sites is 1. The lowest BCUT2D eigenvalue weighted by Gasteiger charge is -2.43. The van der Waals surface area contributed by atoms with Crippen molar-refractivity contribution in [1.82, 2.24) is 14.5 Å². The first-order chi connectivity index (χ1) is 31.5. The number of carbonyl (C=O) groups excluding carboxylic acids is 2. The Morgan fingerprint density at radius 2 is 1.11 bits per heavy atom. The lowest BCUT2D eigenvalue weighted by atomic mass is 9.95. The fraction of sp³-hybridized carbons (Fsp3) is 0.185. The summed E-state index contributed by atoms with van der Waals surface area (Å²) in [6, 6.07) is 53.7. The number of hydrogen-bond acceptors (Lipinski definition) is 7. The quantitative estimate of drug-likeness (QED) is 0.103. The summed E-state index contributed by atoms with van der Waals surface area (Å²) in [6.45, 7) is 1.62. The maximum atomic E-state index is 14.4. The summed E-state index contributed by atoms with van der Waals surface area (Å²) in [5, 5.41) is 1.59. The Kier molecular flexibility index (Phi) is 11.7. The van der Waals surface area contributed by atoms with E-state index in [9.17, 15) is 9.59 Å². The highest BCUT2D eigenvalue weighted by atomic mass is 16.6. The van der Waals surface area contributed by atoms with E-state index in [0.717, 1.165) is 44.1 Å². The van der Waals surface area contributed by atoms with E-state index in [-0.39, 0.29) is 18.4 Å². The van der Waals surface area contributed by atoms with Gasteiger partial charge in [-0.25, -0.2) is 0 Å². The molecule has 10 nitrogen and oxygen atoms in total. The summed E-state index contributed by atoms with van der Waals surface area (Å²) in [6.07, 6.45) is 1.29. The second-order valence-corrected chi connectivity index (χ2v) is 16.2. The number of aromatic amines is 1. The molecule has 0 unspecified atom stereocenters. The third-order valence-corrected chi connectivity index (χ3v) is 12.0. The number of carbonyl (C=O) groups is 2. The van der Waals surface area contributed by atoms with Crippen LogP contribution in [0.15, 0.2) is 176 Å². The summed E-state index contributed by atoms with van der Waals surface area (Å²) < 4.78 is 35.4. The molecular formula is C54H47N3O7. The number of likely N-dealkylation sites (N-methyl/N-ethyl adjacent to an activating group) is 1. The zero-order valence-electron chi connectivity index (χ0n) is 35.3. The minimum Gasteiger partial charge on any atom is -0.489 e. The number of amides is 2. The molecule has 2 aliphatic rings. The van der Waals surface area contributed by atoms with Crippen molar-refractivity contribution in [2.75, 3.05) is 13.7 Å². The highest BCUT2D eigenvalue weighted by Gasteiger charge is 2.46. The number of hydrogen-bond donors (Lipinski definition) is 1. The summed E-state index contributed by atoms with van der Waals surface area (Å²) in [4.78, 5) is 33.2. The molecule has 10 rings (SSSR count). The van der Waals surface area contributed by atoms with Gasteiger partial charge in [-0.1, -0.05) is 140 Å². The molecule has 0 spiro atoms. The molecule has 4 heterocycles. The van der Waals surface area contributed by atoms with Crippen LogP contribution >= 0.6 is 0 Å². The van der Waals surface area contributed by atoms with Crippen LogP contribution in [0.25, 0.3) is 33.0 Å². The SMILES string of the molecule is CN1C(=O)C(c2c[nH]c3cc(OCc4ccccc4)ccc23)=C(c2cn([C@@H]3OC[C@@H](OCc4ccccc4)[C@@H](OCc4ccccc4)[C@H]3OCc3ccccc3)c3ccccc23)C1=O.